The maximum Gasteiger partial charge on any atom is 0.318 e. The SMILES string of the molecule is NC(=O)NC(=O)CC1=NC(=O)CS1. The lowest BCUT2D eigenvalue weighted by molar-refractivity contribution is -0.118. The predicted octanol–water partition coefficient (Wildman–Crippen LogP) is -0.757. The molecule has 0 aliphatic carbocycles. The highest BCUT2D eigenvalue weighted by Gasteiger charge is 2.17. The van der Waals surface area contributed by atoms with Gasteiger partial charge in [-0.3, -0.25) is 14.9 Å². The number of nitrogens with zero attached hydrogens (tertiary/aromatic N) is 1. The van der Waals surface area contributed by atoms with Gasteiger partial charge in [-0.1, -0.05) is 0 Å². The van der Waals surface area contributed by atoms with Crippen molar-refractivity contribution in [2.75, 3.05) is 5.75 Å². The van der Waals surface area contributed by atoms with E-state index < -0.39 is 11.9 Å². The fourth-order valence-corrected chi connectivity index (χ4v) is 1.51. The molecule has 6 nitrogen and oxygen atoms in total. The highest BCUT2D eigenvalue weighted by atomic mass is 32.2. The van der Waals surface area contributed by atoms with E-state index in [0.717, 1.165) is 0 Å². The number of aliphatic imine (C=N–C) groups is 1. The summed E-state index contributed by atoms with van der Waals surface area (Å²) in [5, 5.41) is 2.30. The number of primary amides is 1. The van der Waals surface area contributed by atoms with E-state index in [2.05, 4.69) is 4.99 Å². The zero-order valence-corrected chi connectivity index (χ0v) is 7.39. The van der Waals surface area contributed by atoms with E-state index in [1.807, 2.05) is 5.32 Å². The normalized spacial score (nSPS) is 15.4. The number of urea groups is 1. The predicted molar refractivity (Wildman–Crippen MR) is 47.2 cm³/mol. The summed E-state index contributed by atoms with van der Waals surface area (Å²) in [7, 11) is 0. The molecule has 0 radical (unpaired) electrons. The van der Waals surface area contributed by atoms with Crippen LogP contribution in [0, 0.1) is 0 Å². The van der Waals surface area contributed by atoms with Crippen LogP contribution in [0.4, 0.5) is 4.79 Å². The maximum atomic E-state index is 10.9. The molecule has 13 heavy (non-hydrogen) atoms. The number of hydrogen-bond donors (Lipinski definition) is 2. The molecular formula is C6H7N3O3S. The number of carbonyl (C=O) groups is 3. The van der Waals surface area contributed by atoms with Gasteiger partial charge >= 0.3 is 6.03 Å². The molecule has 0 fully saturated rings. The molecule has 1 aliphatic rings. The van der Waals surface area contributed by atoms with E-state index in [4.69, 9.17) is 5.73 Å². The van der Waals surface area contributed by atoms with Gasteiger partial charge in [0.1, 0.15) is 0 Å². The fraction of sp³-hybridized carbons (Fsp3) is 0.333. The molecule has 4 amide bonds. The number of hydrogen-bond acceptors (Lipinski definition) is 4. The Morgan fingerprint density at radius 2 is 2.31 bits per heavy atom. The minimum Gasteiger partial charge on any atom is -0.351 e. The van der Waals surface area contributed by atoms with Gasteiger partial charge < -0.3 is 5.73 Å². The molecule has 0 bridgehead atoms. The van der Waals surface area contributed by atoms with E-state index in [9.17, 15) is 14.4 Å². The first-order valence-corrected chi connectivity index (χ1v) is 4.39. The van der Waals surface area contributed by atoms with Crippen LogP contribution >= 0.6 is 11.8 Å². The molecule has 70 valence electrons. The summed E-state index contributed by atoms with van der Waals surface area (Å²) < 4.78 is 0. The summed E-state index contributed by atoms with van der Waals surface area (Å²) in [4.78, 5) is 35.3. The summed E-state index contributed by atoms with van der Waals surface area (Å²) in [6.07, 6.45) is -0.0701. The van der Waals surface area contributed by atoms with Crippen LogP contribution in [0.5, 0.6) is 0 Å². The van der Waals surface area contributed by atoms with Gasteiger partial charge in [0.25, 0.3) is 5.91 Å². The molecule has 3 N–H and O–H groups in total. The average molecular weight is 201 g/mol. The second-order valence-electron chi connectivity index (χ2n) is 2.28. The largest absolute Gasteiger partial charge is 0.351 e. The van der Waals surface area contributed by atoms with Crippen LogP contribution in [0.2, 0.25) is 0 Å². The second kappa shape index (κ2) is 4.04. The molecule has 1 aliphatic heterocycles. The van der Waals surface area contributed by atoms with Gasteiger partial charge in [0.15, 0.2) is 0 Å². The number of amides is 4. The molecule has 1 heterocycles. The van der Waals surface area contributed by atoms with Crippen molar-refractivity contribution in [1.29, 1.82) is 0 Å². The lowest BCUT2D eigenvalue weighted by Crippen LogP contribution is -2.35. The van der Waals surface area contributed by atoms with Crippen LogP contribution in [-0.4, -0.2) is 28.6 Å². The highest BCUT2D eigenvalue weighted by Crippen LogP contribution is 2.15. The first-order chi connectivity index (χ1) is 6.08. The van der Waals surface area contributed by atoms with Crippen molar-refractivity contribution in [3.05, 3.63) is 0 Å². The summed E-state index contributed by atoms with van der Waals surface area (Å²) >= 11 is 1.19. The lowest BCUT2D eigenvalue weighted by atomic mass is 10.4. The minimum absolute atomic E-state index is 0.0701. The Hall–Kier alpha value is -1.37. The van der Waals surface area contributed by atoms with Crippen molar-refractivity contribution < 1.29 is 14.4 Å². The van der Waals surface area contributed by atoms with Crippen LogP contribution < -0.4 is 11.1 Å². The topological polar surface area (TPSA) is 102 Å². The van der Waals surface area contributed by atoms with E-state index in [1.165, 1.54) is 11.8 Å². The third-order valence-corrected chi connectivity index (χ3v) is 2.15. The van der Waals surface area contributed by atoms with Crippen LogP contribution in [0.3, 0.4) is 0 Å². The molecule has 0 saturated carbocycles. The van der Waals surface area contributed by atoms with Crippen molar-refractivity contribution in [3.63, 3.8) is 0 Å². The summed E-state index contributed by atoms with van der Waals surface area (Å²) in [6, 6.07) is -0.903. The quantitative estimate of drug-likeness (QED) is 0.613. The number of nitrogens with one attached hydrogen (secondary N) is 1. The zero-order chi connectivity index (χ0) is 9.84. The Kier molecular flexibility index (Phi) is 3.02. The van der Waals surface area contributed by atoms with E-state index >= 15 is 0 Å². The van der Waals surface area contributed by atoms with Gasteiger partial charge in [0.2, 0.25) is 5.91 Å². The van der Waals surface area contributed by atoms with Crippen LogP contribution in [-0.2, 0) is 9.59 Å². The van der Waals surface area contributed by atoms with E-state index in [0.29, 0.717) is 5.04 Å². The van der Waals surface area contributed by atoms with Gasteiger partial charge in [-0.05, 0) is 0 Å². The van der Waals surface area contributed by atoms with Gasteiger partial charge in [0.05, 0.1) is 17.2 Å². The van der Waals surface area contributed by atoms with Gasteiger partial charge in [0, 0.05) is 0 Å². The minimum atomic E-state index is -0.903. The van der Waals surface area contributed by atoms with Crippen LogP contribution in [0.15, 0.2) is 4.99 Å². The third kappa shape index (κ3) is 3.24. The van der Waals surface area contributed by atoms with Crippen LogP contribution in [0.25, 0.3) is 0 Å². The first kappa shape index (κ1) is 9.72. The Morgan fingerprint density at radius 1 is 1.62 bits per heavy atom. The fourth-order valence-electron chi connectivity index (χ4n) is 0.758. The number of rotatable bonds is 2. The number of nitrogens with two attached hydrogens (primary N) is 1. The van der Waals surface area contributed by atoms with Crippen molar-refractivity contribution in [2.45, 2.75) is 6.42 Å². The summed E-state index contributed by atoms with van der Waals surface area (Å²) in [5.74, 6) is -0.542. The summed E-state index contributed by atoms with van der Waals surface area (Å²) in [6.45, 7) is 0. The highest BCUT2D eigenvalue weighted by molar-refractivity contribution is 8.15. The Morgan fingerprint density at radius 3 is 2.77 bits per heavy atom. The molecule has 1 rings (SSSR count). The van der Waals surface area contributed by atoms with Crippen molar-refractivity contribution in [1.82, 2.24) is 5.32 Å². The van der Waals surface area contributed by atoms with E-state index in [-0.39, 0.29) is 18.1 Å². The van der Waals surface area contributed by atoms with E-state index in [1.54, 1.807) is 0 Å². The molecule has 0 spiro atoms. The lowest BCUT2D eigenvalue weighted by Gasteiger charge is -1.98. The number of carbonyl (C=O) groups excluding carboxylic acids is 3. The Balaban J connectivity index is 2.41. The second-order valence-corrected chi connectivity index (χ2v) is 3.33. The molecule has 0 aromatic carbocycles. The molecule has 0 saturated heterocycles. The van der Waals surface area contributed by atoms with Crippen molar-refractivity contribution in [3.8, 4) is 0 Å². The molecule has 0 unspecified atom stereocenters. The number of thioether (sulfide) groups is 1. The first-order valence-electron chi connectivity index (χ1n) is 3.40. The average Bonchev–Trinajstić information content (AvgIpc) is 2.33. The third-order valence-electron chi connectivity index (χ3n) is 1.19. The maximum absolute atomic E-state index is 10.9. The summed E-state index contributed by atoms with van der Waals surface area (Å²) in [5.41, 5.74) is 4.71. The standard InChI is InChI=1S/C6H7N3O3S/c7-6(12)9-3(10)1-5-8-4(11)2-13-5/h1-2H2,(H3,7,9,10,12). The molecule has 0 aromatic heterocycles. The monoisotopic (exact) mass is 201 g/mol. The van der Waals surface area contributed by atoms with Crippen molar-refractivity contribution in [2.24, 2.45) is 10.7 Å². The van der Waals surface area contributed by atoms with Gasteiger partial charge in [-0.2, -0.15) is 0 Å². The van der Waals surface area contributed by atoms with Gasteiger partial charge in [-0.15, -0.1) is 11.8 Å². The smallest absolute Gasteiger partial charge is 0.318 e. The Labute approximate surface area is 78.0 Å². The molecular weight excluding hydrogens is 194 g/mol. The van der Waals surface area contributed by atoms with Gasteiger partial charge in [-0.25, -0.2) is 9.79 Å². The molecule has 0 atom stereocenters. The molecule has 7 heteroatoms. The Bertz CT molecular complexity index is 299. The number of imide groups is 1. The zero-order valence-electron chi connectivity index (χ0n) is 6.57. The van der Waals surface area contributed by atoms with Crippen molar-refractivity contribution >= 4 is 34.7 Å². The van der Waals surface area contributed by atoms with Crippen LogP contribution in [0.1, 0.15) is 6.42 Å². The molecule has 0 aromatic rings.